The van der Waals surface area contributed by atoms with Gasteiger partial charge in [-0.15, -0.1) is 0 Å². The molecule has 1 saturated heterocycles. The van der Waals surface area contributed by atoms with Gasteiger partial charge in [-0.3, -0.25) is 9.69 Å². The lowest BCUT2D eigenvalue weighted by Gasteiger charge is -2.36. The fourth-order valence-electron chi connectivity index (χ4n) is 2.84. The van der Waals surface area contributed by atoms with Gasteiger partial charge in [-0.1, -0.05) is 43.7 Å². The molecule has 1 aromatic rings. The summed E-state index contributed by atoms with van der Waals surface area (Å²) in [6.45, 7) is 5.60. The highest BCUT2D eigenvalue weighted by molar-refractivity contribution is 5.81. The smallest absolute Gasteiger partial charge is 0.239 e. The van der Waals surface area contributed by atoms with Crippen LogP contribution in [-0.2, 0) is 4.79 Å². The number of hydrogen-bond acceptors (Lipinski definition) is 4. The second-order valence-corrected chi connectivity index (χ2v) is 5.95. The summed E-state index contributed by atoms with van der Waals surface area (Å²) in [7, 11) is 0. The Morgan fingerprint density at radius 3 is 2.45 bits per heavy atom. The summed E-state index contributed by atoms with van der Waals surface area (Å²) < 4.78 is 0. The fraction of sp³-hybridized carbons (Fsp3) is 0.588. The van der Waals surface area contributed by atoms with E-state index in [0.717, 1.165) is 31.5 Å². The van der Waals surface area contributed by atoms with Gasteiger partial charge in [0.1, 0.15) is 0 Å². The number of hydrogen-bond donors (Lipinski definition) is 2. The van der Waals surface area contributed by atoms with Crippen molar-refractivity contribution in [2.45, 2.75) is 31.9 Å². The molecule has 0 aromatic heterocycles. The molecule has 0 aliphatic carbocycles. The summed E-state index contributed by atoms with van der Waals surface area (Å²) in [6.07, 6.45) is 1.19. The van der Waals surface area contributed by atoms with Crippen LogP contribution in [0.2, 0.25) is 0 Å². The molecular weight excluding hydrogens is 278 g/mol. The molecule has 1 amide bonds. The summed E-state index contributed by atoms with van der Waals surface area (Å²) in [5.41, 5.74) is 6.84. The van der Waals surface area contributed by atoms with Crippen molar-refractivity contribution in [3.8, 4) is 0 Å². The number of piperazine rings is 1. The van der Waals surface area contributed by atoms with E-state index in [1.165, 1.54) is 0 Å². The van der Waals surface area contributed by atoms with Crippen LogP contribution in [0.5, 0.6) is 0 Å². The van der Waals surface area contributed by atoms with Crippen LogP contribution in [0.15, 0.2) is 30.3 Å². The zero-order valence-electron chi connectivity index (χ0n) is 13.3. The Balaban J connectivity index is 1.79. The maximum atomic E-state index is 12.2. The summed E-state index contributed by atoms with van der Waals surface area (Å²) in [5.74, 6) is 0.0603. The minimum Gasteiger partial charge on any atom is -0.387 e. The molecule has 1 aromatic carbocycles. The highest BCUT2D eigenvalue weighted by atomic mass is 16.3. The number of β-amino-alcohol motifs (C(OH)–C–C–N with tert-alkyl or cyclic N) is 1. The minimum atomic E-state index is -0.481. The van der Waals surface area contributed by atoms with Crippen molar-refractivity contribution in [3.05, 3.63) is 35.9 Å². The summed E-state index contributed by atoms with van der Waals surface area (Å²) in [6, 6.07) is 9.32. The average Bonchev–Trinajstić information content (AvgIpc) is 2.56. The van der Waals surface area contributed by atoms with Crippen molar-refractivity contribution in [2.75, 3.05) is 32.7 Å². The molecule has 1 aliphatic rings. The van der Waals surface area contributed by atoms with E-state index in [0.29, 0.717) is 19.6 Å². The van der Waals surface area contributed by atoms with E-state index < -0.39 is 6.10 Å². The fourth-order valence-corrected chi connectivity index (χ4v) is 2.84. The zero-order chi connectivity index (χ0) is 15.9. The summed E-state index contributed by atoms with van der Waals surface area (Å²) in [5, 5.41) is 10.3. The second kappa shape index (κ2) is 8.27. The Kier molecular flexibility index (Phi) is 6.36. The number of benzene rings is 1. The molecule has 1 aliphatic heterocycles. The predicted octanol–water partition coefficient (Wildman–Crippen LogP) is 0.992. The molecule has 5 heteroatoms. The van der Waals surface area contributed by atoms with Gasteiger partial charge in [0.05, 0.1) is 12.1 Å². The third-order valence-electron chi connectivity index (χ3n) is 4.22. The normalized spacial score (nSPS) is 19.0. The number of rotatable bonds is 6. The first-order valence-electron chi connectivity index (χ1n) is 8.11. The molecule has 0 radical (unpaired) electrons. The highest BCUT2D eigenvalue weighted by Gasteiger charge is 2.25. The largest absolute Gasteiger partial charge is 0.387 e. The number of nitrogens with zero attached hydrogens (tertiary/aromatic N) is 2. The van der Waals surface area contributed by atoms with E-state index in [2.05, 4.69) is 4.90 Å². The van der Waals surface area contributed by atoms with Gasteiger partial charge in [-0.25, -0.2) is 0 Å². The van der Waals surface area contributed by atoms with Crippen LogP contribution in [0.1, 0.15) is 31.4 Å². The quantitative estimate of drug-likeness (QED) is 0.822. The SMILES string of the molecule is CCCC(N)C(=O)N1CCN(CC(O)c2ccccc2)CC1. The summed E-state index contributed by atoms with van der Waals surface area (Å²) >= 11 is 0. The molecule has 1 fully saturated rings. The Morgan fingerprint density at radius 2 is 1.86 bits per heavy atom. The van der Waals surface area contributed by atoms with Crippen molar-refractivity contribution in [1.82, 2.24) is 9.80 Å². The first-order chi connectivity index (χ1) is 10.6. The third kappa shape index (κ3) is 4.53. The van der Waals surface area contributed by atoms with Crippen LogP contribution in [0.3, 0.4) is 0 Å². The van der Waals surface area contributed by atoms with Gasteiger partial charge < -0.3 is 15.7 Å². The average molecular weight is 305 g/mol. The van der Waals surface area contributed by atoms with Gasteiger partial charge in [0.25, 0.3) is 0 Å². The molecule has 2 atom stereocenters. The van der Waals surface area contributed by atoms with E-state index in [4.69, 9.17) is 5.73 Å². The third-order valence-corrected chi connectivity index (χ3v) is 4.22. The standard InChI is InChI=1S/C17H27N3O2/c1-2-6-15(18)17(22)20-11-9-19(10-12-20)13-16(21)14-7-4-3-5-8-14/h3-5,7-8,15-16,21H,2,6,9-13,18H2,1H3. The number of aliphatic hydroxyl groups excluding tert-OH is 1. The van der Waals surface area contributed by atoms with Gasteiger partial charge in [0.2, 0.25) is 5.91 Å². The first-order valence-corrected chi connectivity index (χ1v) is 8.11. The van der Waals surface area contributed by atoms with Crippen LogP contribution < -0.4 is 5.73 Å². The Hall–Kier alpha value is -1.43. The molecular formula is C17H27N3O2. The maximum Gasteiger partial charge on any atom is 0.239 e. The zero-order valence-corrected chi connectivity index (χ0v) is 13.3. The first kappa shape index (κ1) is 16.9. The van der Waals surface area contributed by atoms with Crippen molar-refractivity contribution in [2.24, 2.45) is 5.73 Å². The van der Waals surface area contributed by atoms with Gasteiger partial charge in [-0.05, 0) is 12.0 Å². The number of carbonyl (C=O) groups is 1. The topological polar surface area (TPSA) is 69.8 Å². The molecule has 0 saturated carbocycles. The second-order valence-electron chi connectivity index (χ2n) is 5.95. The summed E-state index contributed by atoms with van der Waals surface area (Å²) in [4.78, 5) is 16.2. The van der Waals surface area contributed by atoms with Gasteiger partial charge in [0, 0.05) is 32.7 Å². The van der Waals surface area contributed by atoms with Gasteiger partial charge >= 0.3 is 0 Å². The van der Waals surface area contributed by atoms with E-state index in [-0.39, 0.29) is 11.9 Å². The lowest BCUT2D eigenvalue weighted by atomic mass is 10.1. The number of amides is 1. The molecule has 122 valence electrons. The van der Waals surface area contributed by atoms with Crippen LogP contribution in [-0.4, -0.2) is 59.6 Å². The highest BCUT2D eigenvalue weighted by Crippen LogP contribution is 2.15. The maximum absolute atomic E-state index is 12.2. The lowest BCUT2D eigenvalue weighted by molar-refractivity contribution is -0.134. The van der Waals surface area contributed by atoms with E-state index >= 15 is 0 Å². The molecule has 0 bridgehead atoms. The molecule has 2 unspecified atom stereocenters. The number of aliphatic hydroxyl groups is 1. The van der Waals surface area contributed by atoms with Crippen molar-refractivity contribution in [3.63, 3.8) is 0 Å². The van der Waals surface area contributed by atoms with Crippen molar-refractivity contribution >= 4 is 5.91 Å². The molecule has 0 spiro atoms. The van der Waals surface area contributed by atoms with E-state index in [9.17, 15) is 9.90 Å². The van der Waals surface area contributed by atoms with Crippen molar-refractivity contribution in [1.29, 1.82) is 0 Å². The lowest BCUT2D eigenvalue weighted by Crippen LogP contribution is -2.53. The number of carbonyl (C=O) groups excluding carboxylic acids is 1. The van der Waals surface area contributed by atoms with Crippen molar-refractivity contribution < 1.29 is 9.90 Å². The Morgan fingerprint density at radius 1 is 1.23 bits per heavy atom. The van der Waals surface area contributed by atoms with Crippen LogP contribution in [0.25, 0.3) is 0 Å². The molecule has 2 rings (SSSR count). The van der Waals surface area contributed by atoms with Crippen LogP contribution in [0, 0.1) is 0 Å². The molecule has 5 nitrogen and oxygen atoms in total. The van der Waals surface area contributed by atoms with E-state index in [1.807, 2.05) is 42.2 Å². The van der Waals surface area contributed by atoms with Gasteiger partial charge in [-0.2, -0.15) is 0 Å². The molecule has 1 heterocycles. The van der Waals surface area contributed by atoms with Crippen LogP contribution in [0.4, 0.5) is 0 Å². The Bertz CT molecular complexity index is 458. The Labute approximate surface area is 132 Å². The minimum absolute atomic E-state index is 0.0603. The molecule has 3 N–H and O–H groups in total. The predicted molar refractivity (Wildman–Crippen MR) is 87.3 cm³/mol. The van der Waals surface area contributed by atoms with Gasteiger partial charge in [0.15, 0.2) is 0 Å². The monoisotopic (exact) mass is 305 g/mol. The number of nitrogens with two attached hydrogens (primary N) is 1. The van der Waals surface area contributed by atoms with E-state index in [1.54, 1.807) is 0 Å². The molecule has 22 heavy (non-hydrogen) atoms. The van der Waals surface area contributed by atoms with Crippen LogP contribution >= 0.6 is 0 Å².